The van der Waals surface area contributed by atoms with E-state index in [1.165, 1.54) is 25.7 Å². The number of unbranched alkanes of at least 4 members (excludes halogenated alkanes) is 9. The van der Waals surface area contributed by atoms with Crippen LogP contribution in [-0.2, 0) is 19.3 Å². The molecule has 1 atom stereocenters. The molecular formula is C15H32O7S. The third-order valence-electron chi connectivity index (χ3n) is 3.44. The summed E-state index contributed by atoms with van der Waals surface area (Å²) in [7, 11) is -4.28. The Bertz CT molecular complexity index is 346. The van der Waals surface area contributed by atoms with Crippen LogP contribution in [0.3, 0.4) is 0 Å². The summed E-state index contributed by atoms with van der Waals surface area (Å²) in [5.41, 5.74) is 0. The topological polar surface area (TPSA) is 113 Å². The van der Waals surface area contributed by atoms with Gasteiger partial charge < -0.3 is 14.9 Å². The maximum absolute atomic E-state index is 10.3. The van der Waals surface area contributed by atoms with Crippen LogP contribution in [0, 0.1) is 0 Å². The molecule has 0 fully saturated rings. The van der Waals surface area contributed by atoms with Gasteiger partial charge in [0.1, 0.15) is 6.10 Å². The van der Waals surface area contributed by atoms with Crippen LogP contribution in [0.5, 0.6) is 0 Å². The minimum Gasteiger partial charge on any atom is -0.394 e. The summed E-state index contributed by atoms with van der Waals surface area (Å²) in [6, 6.07) is 0. The van der Waals surface area contributed by atoms with Gasteiger partial charge >= 0.3 is 10.4 Å². The first-order valence-corrected chi connectivity index (χ1v) is 9.80. The number of hydrogen-bond donors (Lipinski definition) is 3. The van der Waals surface area contributed by atoms with Crippen molar-refractivity contribution in [3.05, 3.63) is 0 Å². The SMILES string of the molecule is O=S(=O)(O)OCCCCCCCCCCCCOCC(O)CO. The van der Waals surface area contributed by atoms with Gasteiger partial charge in [-0.2, -0.15) is 8.42 Å². The Balaban J connectivity index is 3.08. The molecule has 0 aromatic heterocycles. The average Bonchev–Trinajstić information content (AvgIpc) is 2.49. The van der Waals surface area contributed by atoms with E-state index in [4.69, 9.17) is 19.5 Å². The van der Waals surface area contributed by atoms with Crippen molar-refractivity contribution in [2.45, 2.75) is 70.3 Å². The highest BCUT2D eigenvalue weighted by Gasteiger charge is 2.03. The second-order valence-electron chi connectivity index (χ2n) is 5.70. The Morgan fingerprint density at radius 3 is 1.65 bits per heavy atom. The fraction of sp³-hybridized carbons (Fsp3) is 1.00. The van der Waals surface area contributed by atoms with E-state index in [0.29, 0.717) is 13.0 Å². The average molecular weight is 356 g/mol. The molecule has 0 aliphatic heterocycles. The molecule has 1 unspecified atom stereocenters. The van der Waals surface area contributed by atoms with E-state index in [1.807, 2.05) is 0 Å². The summed E-state index contributed by atoms with van der Waals surface area (Å²) in [4.78, 5) is 0. The molecule has 0 aliphatic rings. The fourth-order valence-corrected chi connectivity index (χ4v) is 2.49. The quantitative estimate of drug-likeness (QED) is 0.270. The number of aliphatic hydroxyl groups is 2. The van der Waals surface area contributed by atoms with E-state index in [1.54, 1.807) is 0 Å². The van der Waals surface area contributed by atoms with Crippen LogP contribution in [0.4, 0.5) is 0 Å². The van der Waals surface area contributed by atoms with Gasteiger partial charge in [0.25, 0.3) is 0 Å². The molecule has 0 radical (unpaired) electrons. The van der Waals surface area contributed by atoms with Crippen molar-refractivity contribution in [3.8, 4) is 0 Å². The van der Waals surface area contributed by atoms with Gasteiger partial charge in [0, 0.05) is 6.61 Å². The predicted molar refractivity (Wildman–Crippen MR) is 87.6 cm³/mol. The molecule has 8 heteroatoms. The summed E-state index contributed by atoms with van der Waals surface area (Å²) >= 11 is 0. The van der Waals surface area contributed by atoms with E-state index < -0.39 is 16.5 Å². The summed E-state index contributed by atoms with van der Waals surface area (Å²) in [5.74, 6) is 0. The van der Waals surface area contributed by atoms with Crippen molar-refractivity contribution in [1.82, 2.24) is 0 Å². The van der Waals surface area contributed by atoms with Gasteiger partial charge in [-0.15, -0.1) is 0 Å². The minimum absolute atomic E-state index is 0.0518. The molecule has 0 aliphatic carbocycles. The van der Waals surface area contributed by atoms with Crippen molar-refractivity contribution < 1.29 is 32.1 Å². The highest BCUT2D eigenvalue weighted by atomic mass is 32.3. The Kier molecular flexibility index (Phi) is 15.1. The minimum atomic E-state index is -4.28. The van der Waals surface area contributed by atoms with E-state index >= 15 is 0 Å². The molecular weight excluding hydrogens is 324 g/mol. The van der Waals surface area contributed by atoms with Crippen LogP contribution >= 0.6 is 0 Å². The molecule has 0 saturated heterocycles. The molecule has 23 heavy (non-hydrogen) atoms. The lowest BCUT2D eigenvalue weighted by Crippen LogP contribution is -2.19. The maximum Gasteiger partial charge on any atom is 0.397 e. The van der Waals surface area contributed by atoms with Gasteiger partial charge in [-0.3, -0.25) is 4.55 Å². The van der Waals surface area contributed by atoms with Crippen molar-refractivity contribution >= 4 is 10.4 Å². The molecule has 0 spiro atoms. The highest BCUT2D eigenvalue weighted by molar-refractivity contribution is 7.80. The molecule has 0 bridgehead atoms. The molecule has 7 nitrogen and oxygen atoms in total. The third kappa shape index (κ3) is 19.7. The lowest BCUT2D eigenvalue weighted by molar-refractivity contribution is 0.00526. The third-order valence-corrected chi connectivity index (χ3v) is 3.90. The monoisotopic (exact) mass is 356 g/mol. The van der Waals surface area contributed by atoms with Crippen LogP contribution in [0.15, 0.2) is 0 Å². The first-order valence-electron chi connectivity index (χ1n) is 8.44. The number of aliphatic hydroxyl groups excluding tert-OH is 2. The largest absolute Gasteiger partial charge is 0.397 e. The zero-order valence-corrected chi connectivity index (χ0v) is 14.7. The van der Waals surface area contributed by atoms with Crippen LogP contribution in [-0.4, -0.2) is 55.7 Å². The molecule has 0 aromatic carbocycles. The van der Waals surface area contributed by atoms with Crippen LogP contribution in [0.25, 0.3) is 0 Å². The van der Waals surface area contributed by atoms with E-state index in [-0.39, 0.29) is 19.8 Å². The molecule has 0 rings (SSSR count). The summed E-state index contributed by atoms with van der Waals surface area (Å²) in [6.07, 6.45) is 9.81. The van der Waals surface area contributed by atoms with Crippen molar-refractivity contribution in [3.63, 3.8) is 0 Å². The second-order valence-corrected chi connectivity index (χ2v) is 6.79. The Labute approximate surface area is 140 Å². The van der Waals surface area contributed by atoms with Gasteiger partial charge in [0.15, 0.2) is 0 Å². The Hall–Kier alpha value is -0.250. The lowest BCUT2D eigenvalue weighted by Gasteiger charge is -2.08. The second kappa shape index (κ2) is 15.3. The van der Waals surface area contributed by atoms with Crippen molar-refractivity contribution in [2.24, 2.45) is 0 Å². The molecule has 0 aromatic rings. The van der Waals surface area contributed by atoms with Gasteiger partial charge in [0.2, 0.25) is 0 Å². The maximum atomic E-state index is 10.3. The van der Waals surface area contributed by atoms with E-state index in [2.05, 4.69) is 4.18 Å². The normalized spacial score (nSPS) is 13.3. The van der Waals surface area contributed by atoms with E-state index in [0.717, 1.165) is 32.1 Å². The molecule has 0 amide bonds. The van der Waals surface area contributed by atoms with Crippen LogP contribution in [0.2, 0.25) is 0 Å². The number of hydrogen-bond acceptors (Lipinski definition) is 6. The smallest absolute Gasteiger partial charge is 0.394 e. The molecule has 140 valence electrons. The molecule has 3 N–H and O–H groups in total. The lowest BCUT2D eigenvalue weighted by atomic mass is 10.1. The van der Waals surface area contributed by atoms with Gasteiger partial charge in [-0.05, 0) is 12.8 Å². The Morgan fingerprint density at radius 1 is 0.783 bits per heavy atom. The van der Waals surface area contributed by atoms with Gasteiger partial charge in [-0.25, -0.2) is 4.18 Å². The molecule has 0 heterocycles. The fourth-order valence-electron chi connectivity index (χ4n) is 2.16. The summed E-state index contributed by atoms with van der Waals surface area (Å²) in [5, 5.41) is 17.7. The summed E-state index contributed by atoms with van der Waals surface area (Å²) in [6.45, 7) is 0.623. The van der Waals surface area contributed by atoms with Crippen molar-refractivity contribution in [1.29, 1.82) is 0 Å². The van der Waals surface area contributed by atoms with E-state index in [9.17, 15) is 8.42 Å². The summed E-state index contributed by atoms with van der Waals surface area (Å²) < 4.78 is 38.4. The first-order chi connectivity index (χ1) is 11.0. The highest BCUT2D eigenvalue weighted by Crippen LogP contribution is 2.11. The Morgan fingerprint density at radius 2 is 1.22 bits per heavy atom. The zero-order valence-electron chi connectivity index (χ0n) is 13.9. The van der Waals surface area contributed by atoms with Gasteiger partial charge in [0.05, 0.1) is 19.8 Å². The number of ether oxygens (including phenoxy) is 1. The van der Waals surface area contributed by atoms with Crippen LogP contribution < -0.4 is 0 Å². The standard InChI is InChI=1S/C15H32O7S/c16-13-15(17)14-21-11-9-7-5-3-1-2-4-6-8-10-12-22-23(18,19)20/h15-17H,1-14H2,(H,18,19,20). The van der Waals surface area contributed by atoms with Crippen LogP contribution in [0.1, 0.15) is 64.2 Å². The number of rotatable bonds is 17. The van der Waals surface area contributed by atoms with Gasteiger partial charge in [-0.1, -0.05) is 51.4 Å². The molecule has 0 saturated carbocycles. The zero-order chi connectivity index (χ0) is 17.4. The first kappa shape index (κ1) is 22.8. The van der Waals surface area contributed by atoms with Crippen molar-refractivity contribution in [2.75, 3.05) is 26.4 Å². The predicted octanol–water partition coefficient (Wildman–Crippen LogP) is 2.08.